The van der Waals surface area contributed by atoms with Crippen molar-refractivity contribution < 1.29 is 19.8 Å². The fourth-order valence-corrected chi connectivity index (χ4v) is 3.36. The van der Waals surface area contributed by atoms with Gasteiger partial charge in [-0.05, 0) is 43.3 Å². The van der Waals surface area contributed by atoms with Crippen molar-refractivity contribution in [2.24, 2.45) is 0 Å². The highest BCUT2D eigenvalue weighted by Gasteiger charge is 2.18. The molecule has 1 aliphatic rings. The predicted molar refractivity (Wildman–Crippen MR) is 104 cm³/mol. The van der Waals surface area contributed by atoms with Gasteiger partial charge in [-0.3, -0.25) is 9.69 Å². The predicted octanol–water partition coefficient (Wildman–Crippen LogP) is 2.88. The van der Waals surface area contributed by atoms with Gasteiger partial charge in [-0.1, -0.05) is 18.2 Å². The van der Waals surface area contributed by atoms with Gasteiger partial charge in [0.05, 0.1) is 0 Å². The molecular weight excluding hydrogens is 344 g/mol. The number of rotatable bonds is 7. The SMILES string of the molecule is O=C(CCCN1CCN(c2ccccc2)CC1)c1ccc(O)c(C(=O)O)c1. The van der Waals surface area contributed by atoms with Crippen LogP contribution in [0.1, 0.15) is 33.6 Å². The second-order valence-electron chi connectivity index (χ2n) is 6.73. The maximum absolute atomic E-state index is 12.3. The van der Waals surface area contributed by atoms with E-state index in [9.17, 15) is 14.7 Å². The van der Waals surface area contributed by atoms with Crippen LogP contribution in [-0.2, 0) is 0 Å². The van der Waals surface area contributed by atoms with Crippen molar-refractivity contribution in [1.82, 2.24) is 4.90 Å². The van der Waals surface area contributed by atoms with Gasteiger partial charge in [0.15, 0.2) is 5.78 Å². The standard InChI is InChI=1S/C21H24N2O4/c24-19(16-8-9-20(25)18(15-16)21(26)27)7-4-10-22-11-13-23(14-12-22)17-5-2-1-3-6-17/h1-3,5-6,8-9,15,25H,4,7,10-14H2,(H,26,27). The lowest BCUT2D eigenvalue weighted by atomic mass is 10.0. The molecule has 0 radical (unpaired) electrons. The van der Waals surface area contributed by atoms with Crippen LogP contribution in [0.25, 0.3) is 0 Å². The molecule has 2 aromatic carbocycles. The molecule has 1 saturated heterocycles. The second kappa shape index (κ2) is 8.68. The molecule has 0 unspecified atom stereocenters. The molecule has 27 heavy (non-hydrogen) atoms. The van der Waals surface area contributed by atoms with E-state index in [2.05, 4.69) is 21.9 Å². The molecule has 0 aromatic heterocycles. The summed E-state index contributed by atoms with van der Waals surface area (Å²) in [4.78, 5) is 28.1. The zero-order valence-electron chi connectivity index (χ0n) is 15.2. The van der Waals surface area contributed by atoms with Crippen molar-refractivity contribution in [1.29, 1.82) is 0 Å². The van der Waals surface area contributed by atoms with E-state index in [0.29, 0.717) is 12.0 Å². The number of carbonyl (C=O) groups excluding carboxylic acids is 1. The average Bonchev–Trinajstić information content (AvgIpc) is 2.69. The van der Waals surface area contributed by atoms with Gasteiger partial charge in [-0.25, -0.2) is 4.79 Å². The van der Waals surface area contributed by atoms with Crippen molar-refractivity contribution in [3.8, 4) is 5.75 Å². The molecule has 1 heterocycles. The highest BCUT2D eigenvalue weighted by atomic mass is 16.4. The maximum Gasteiger partial charge on any atom is 0.339 e. The number of hydrogen-bond donors (Lipinski definition) is 2. The van der Waals surface area contributed by atoms with E-state index in [4.69, 9.17) is 5.11 Å². The minimum atomic E-state index is -1.24. The molecule has 3 rings (SSSR count). The Morgan fingerprint density at radius 2 is 1.67 bits per heavy atom. The number of carbonyl (C=O) groups is 2. The second-order valence-corrected chi connectivity index (χ2v) is 6.73. The Morgan fingerprint density at radius 3 is 2.33 bits per heavy atom. The number of carboxylic acid groups (broad SMARTS) is 1. The summed E-state index contributed by atoms with van der Waals surface area (Å²) in [5, 5.41) is 18.6. The summed E-state index contributed by atoms with van der Waals surface area (Å²) < 4.78 is 0. The number of hydrogen-bond acceptors (Lipinski definition) is 5. The zero-order valence-corrected chi connectivity index (χ0v) is 15.2. The van der Waals surface area contributed by atoms with Crippen molar-refractivity contribution in [3.63, 3.8) is 0 Å². The molecule has 0 bridgehead atoms. The van der Waals surface area contributed by atoms with Gasteiger partial charge in [0, 0.05) is 43.9 Å². The van der Waals surface area contributed by atoms with E-state index in [-0.39, 0.29) is 17.1 Å². The van der Waals surface area contributed by atoms with Crippen LogP contribution in [0.2, 0.25) is 0 Å². The minimum Gasteiger partial charge on any atom is -0.507 e. The number of phenols is 1. The summed E-state index contributed by atoms with van der Waals surface area (Å²) in [5.41, 5.74) is 1.34. The molecular formula is C21H24N2O4. The smallest absolute Gasteiger partial charge is 0.339 e. The Kier molecular flexibility index (Phi) is 6.08. The lowest BCUT2D eigenvalue weighted by Crippen LogP contribution is -2.46. The fourth-order valence-electron chi connectivity index (χ4n) is 3.36. The molecule has 2 N–H and O–H groups in total. The van der Waals surface area contributed by atoms with E-state index in [1.807, 2.05) is 18.2 Å². The highest BCUT2D eigenvalue weighted by molar-refractivity contribution is 5.99. The number of para-hydroxylation sites is 1. The van der Waals surface area contributed by atoms with Gasteiger partial charge >= 0.3 is 5.97 Å². The Bertz CT molecular complexity index is 799. The number of Topliss-reactive ketones (excluding diaryl/α,β-unsaturated/α-hetero) is 1. The van der Waals surface area contributed by atoms with Crippen molar-refractivity contribution in [2.75, 3.05) is 37.6 Å². The number of anilines is 1. The molecule has 1 aliphatic heterocycles. The number of aromatic hydroxyl groups is 1. The van der Waals surface area contributed by atoms with E-state index in [0.717, 1.165) is 39.1 Å². The summed E-state index contributed by atoms with van der Waals surface area (Å²) in [5.74, 6) is -1.66. The first-order valence-corrected chi connectivity index (χ1v) is 9.16. The van der Waals surface area contributed by atoms with Gasteiger partial charge in [0.25, 0.3) is 0 Å². The van der Waals surface area contributed by atoms with Crippen LogP contribution in [0.4, 0.5) is 5.69 Å². The Hall–Kier alpha value is -2.86. The number of ketones is 1. The lowest BCUT2D eigenvalue weighted by Gasteiger charge is -2.36. The molecule has 0 aliphatic carbocycles. The van der Waals surface area contributed by atoms with E-state index in [1.54, 1.807) is 0 Å². The Morgan fingerprint density at radius 1 is 0.963 bits per heavy atom. The third-order valence-electron chi connectivity index (χ3n) is 4.92. The third-order valence-corrected chi connectivity index (χ3v) is 4.92. The summed E-state index contributed by atoms with van der Waals surface area (Å²) >= 11 is 0. The monoisotopic (exact) mass is 368 g/mol. The molecule has 6 heteroatoms. The first kappa shape index (κ1) is 18.9. The number of benzene rings is 2. The van der Waals surface area contributed by atoms with Crippen LogP contribution in [0, 0.1) is 0 Å². The first-order chi connectivity index (χ1) is 13.0. The van der Waals surface area contributed by atoms with Crippen LogP contribution in [0.5, 0.6) is 5.75 Å². The third kappa shape index (κ3) is 4.86. The number of nitrogens with zero attached hydrogens (tertiary/aromatic N) is 2. The zero-order chi connectivity index (χ0) is 19.2. The summed E-state index contributed by atoms with van der Waals surface area (Å²) in [6.45, 7) is 4.71. The van der Waals surface area contributed by atoms with Gasteiger partial charge in [0.2, 0.25) is 0 Å². The lowest BCUT2D eigenvalue weighted by molar-refractivity contribution is 0.0693. The van der Waals surface area contributed by atoms with Gasteiger partial charge in [-0.2, -0.15) is 0 Å². The molecule has 1 fully saturated rings. The van der Waals surface area contributed by atoms with Gasteiger partial charge in [0.1, 0.15) is 11.3 Å². The quantitative estimate of drug-likeness (QED) is 0.732. The van der Waals surface area contributed by atoms with E-state index >= 15 is 0 Å². The van der Waals surface area contributed by atoms with Crippen LogP contribution in [-0.4, -0.2) is 59.6 Å². The van der Waals surface area contributed by atoms with Gasteiger partial charge in [-0.15, -0.1) is 0 Å². The van der Waals surface area contributed by atoms with Gasteiger partial charge < -0.3 is 15.1 Å². The van der Waals surface area contributed by atoms with Crippen LogP contribution in [0.3, 0.4) is 0 Å². The van der Waals surface area contributed by atoms with Crippen molar-refractivity contribution in [3.05, 3.63) is 59.7 Å². The number of piperazine rings is 1. The summed E-state index contributed by atoms with van der Waals surface area (Å²) in [6, 6.07) is 14.3. The molecule has 0 spiro atoms. The summed E-state index contributed by atoms with van der Waals surface area (Å²) in [7, 11) is 0. The van der Waals surface area contributed by atoms with E-state index in [1.165, 1.54) is 23.9 Å². The average molecular weight is 368 g/mol. The van der Waals surface area contributed by atoms with Crippen LogP contribution < -0.4 is 4.90 Å². The first-order valence-electron chi connectivity index (χ1n) is 9.16. The van der Waals surface area contributed by atoms with E-state index < -0.39 is 5.97 Å². The largest absolute Gasteiger partial charge is 0.507 e. The van der Waals surface area contributed by atoms with Crippen molar-refractivity contribution in [2.45, 2.75) is 12.8 Å². The number of aromatic carboxylic acids is 1. The minimum absolute atomic E-state index is 0.0968. The molecule has 0 amide bonds. The number of carboxylic acids is 1. The fraction of sp³-hybridized carbons (Fsp3) is 0.333. The van der Waals surface area contributed by atoms with Crippen LogP contribution in [0.15, 0.2) is 48.5 Å². The molecule has 6 nitrogen and oxygen atoms in total. The van der Waals surface area contributed by atoms with Crippen LogP contribution >= 0.6 is 0 Å². The molecule has 142 valence electrons. The normalized spacial score (nSPS) is 14.9. The molecule has 2 aromatic rings. The topological polar surface area (TPSA) is 81.1 Å². The Balaban J connectivity index is 1.45. The summed E-state index contributed by atoms with van der Waals surface area (Å²) in [6.07, 6.45) is 1.09. The molecule has 0 atom stereocenters. The van der Waals surface area contributed by atoms with Crippen molar-refractivity contribution >= 4 is 17.4 Å². The Labute approximate surface area is 158 Å². The highest BCUT2D eigenvalue weighted by Crippen LogP contribution is 2.20. The molecule has 0 saturated carbocycles. The maximum atomic E-state index is 12.3.